The van der Waals surface area contributed by atoms with Crippen LogP contribution in [0.25, 0.3) is 0 Å². The quantitative estimate of drug-likeness (QED) is 0.287. The topological polar surface area (TPSA) is 98.5 Å². The number of ether oxygens (including phenoxy) is 1. The number of non-ortho nitro benzene ring substituents is 1. The summed E-state index contributed by atoms with van der Waals surface area (Å²) in [7, 11) is 0. The van der Waals surface area contributed by atoms with Crippen LogP contribution < -0.4 is 5.32 Å². The number of benzene rings is 3. The molecule has 8 heteroatoms. The SMILES string of the molecule is O=C(COC(=O)c1cc([N+](=O)[O-])ccc1Cl)NCCC(c1ccccc1)c1ccccc1. The van der Waals surface area contributed by atoms with Crippen LogP contribution in [0.4, 0.5) is 5.69 Å². The molecule has 0 aliphatic heterocycles. The second-order valence-electron chi connectivity index (χ2n) is 7.01. The van der Waals surface area contributed by atoms with Gasteiger partial charge in [0.25, 0.3) is 11.6 Å². The minimum Gasteiger partial charge on any atom is -0.452 e. The summed E-state index contributed by atoms with van der Waals surface area (Å²) in [6, 6.07) is 23.4. The molecule has 164 valence electrons. The lowest BCUT2D eigenvalue weighted by Gasteiger charge is -2.18. The number of esters is 1. The molecule has 0 unspecified atom stereocenters. The Bertz CT molecular complexity index is 1050. The van der Waals surface area contributed by atoms with E-state index in [2.05, 4.69) is 5.32 Å². The summed E-state index contributed by atoms with van der Waals surface area (Å²) in [6.07, 6.45) is 0.657. The van der Waals surface area contributed by atoms with Crippen molar-refractivity contribution in [2.45, 2.75) is 12.3 Å². The van der Waals surface area contributed by atoms with Gasteiger partial charge in [0.2, 0.25) is 0 Å². The zero-order chi connectivity index (χ0) is 22.9. The largest absolute Gasteiger partial charge is 0.452 e. The number of rotatable bonds is 9. The minimum absolute atomic E-state index is 0.00886. The van der Waals surface area contributed by atoms with Crippen molar-refractivity contribution in [1.29, 1.82) is 0 Å². The highest BCUT2D eigenvalue weighted by molar-refractivity contribution is 6.33. The zero-order valence-corrected chi connectivity index (χ0v) is 17.8. The molecule has 1 N–H and O–H groups in total. The second kappa shape index (κ2) is 11.1. The number of carbonyl (C=O) groups excluding carboxylic acids is 2. The van der Waals surface area contributed by atoms with Crippen molar-refractivity contribution in [2.75, 3.05) is 13.2 Å². The van der Waals surface area contributed by atoms with Crippen molar-refractivity contribution < 1.29 is 19.2 Å². The molecule has 0 bridgehead atoms. The highest BCUT2D eigenvalue weighted by Gasteiger charge is 2.19. The molecular weight excluding hydrogens is 432 g/mol. The third-order valence-electron chi connectivity index (χ3n) is 4.87. The molecule has 0 radical (unpaired) electrons. The maximum absolute atomic E-state index is 12.2. The Hall–Kier alpha value is -3.71. The molecule has 32 heavy (non-hydrogen) atoms. The summed E-state index contributed by atoms with van der Waals surface area (Å²) in [5.74, 6) is -1.27. The van der Waals surface area contributed by atoms with E-state index in [0.717, 1.165) is 17.2 Å². The second-order valence-corrected chi connectivity index (χ2v) is 7.42. The first-order valence-corrected chi connectivity index (χ1v) is 10.3. The van der Waals surface area contributed by atoms with Crippen LogP contribution in [0.3, 0.4) is 0 Å². The molecule has 0 spiro atoms. The Morgan fingerprint density at radius 1 is 0.969 bits per heavy atom. The number of hydrogen-bond donors (Lipinski definition) is 1. The number of halogens is 1. The molecule has 3 aromatic rings. The molecule has 0 atom stereocenters. The van der Waals surface area contributed by atoms with E-state index in [1.807, 2.05) is 60.7 Å². The lowest BCUT2D eigenvalue weighted by molar-refractivity contribution is -0.384. The summed E-state index contributed by atoms with van der Waals surface area (Å²) >= 11 is 5.92. The summed E-state index contributed by atoms with van der Waals surface area (Å²) in [5, 5.41) is 13.6. The maximum Gasteiger partial charge on any atom is 0.340 e. The van der Waals surface area contributed by atoms with Crippen molar-refractivity contribution in [1.82, 2.24) is 5.32 Å². The van der Waals surface area contributed by atoms with Crippen molar-refractivity contribution in [3.05, 3.63) is 111 Å². The Balaban J connectivity index is 1.55. The average Bonchev–Trinajstić information content (AvgIpc) is 2.81. The number of nitrogens with one attached hydrogen (secondary N) is 1. The van der Waals surface area contributed by atoms with Gasteiger partial charge in [-0.15, -0.1) is 0 Å². The van der Waals surface area contributed by atoms with E-state index in [9.17, 15) is 19.7 Å². The van der Waals surface area contributed by atoms with Gasteiger partial charge in [-0.25, -0.2) is 4.79 Å². The summed E-state index contributed by atoms with van der Waals surface area (Å²) in [4.78, 5) is 34.6. The van der Waals surface area contributed by atoms with Gasteiger partial charge < -0.3 is 10.1 Å². The molecule has 1 amide bonds. The fourth-order valence-corrected chi connectivity index (χ4v) is 3.49. The Morgan fingerprint density at radius 2 is 1.56 bits per heavy atom. The molecular formula is C24H21ClN2O5. The van der Waals surface area contributed by atoms with Crippen molar-refractivity contribution in [3.8, 4) is 0 Å². The van der Waals surface area contributed by atoms with Gasteiger partial charge in [0.05, 0.1) is 15.5 Å². The molecule has 0 aliphatic rings. The van der Waals surface area contributed by atoms with Crippen LogP contribution in [-0.4, -0.2) is 30.0 Å². The van der Waals surface area contributed by atoms with Crippen molar-refractivity contribution in [2.24, 2.45) is 0 Å². The van der Waals surface area contributed by atoms with Crippen LogP contribution >= 0.6 is 11.6 Å². The highest BCUT2D eigenvalue weighted by atomic mass is 35.5. The third-order valence-corrected chi connectivity index (χ3v) is 5.20. The van der Waals surface area contributed by atoms with Gasteiger partial charge in [0.1, 0.15) is 0 Å². The number of nitro groups is 1. The van der Waals surface area contributed by atoms with Gasteiger partial charge in [0, 0.05) is 24.6 Å². The Morgan fingerprint density at radius 3 is 2.12 bits per heavy atom. The number of carbonyl (C=O) groups is 2. The molecule has 3 aromatic carbocycles. The fourth-order valence-electron chi connectivity index (χ4n) is 3.30. The number of amides is 1. The number of nitro benzene ring substituents is 1. The summed E-state index contributed by atoms with van der Waals surface area (Å²) in [6.45, 7) is -0.137. The lowest BCUT2D eigenvalue weighted by Crippen LogP contribution is -2.30. The Kier molecular flexibility index (Phi) is 7.94. The first kappa shape index (κ1) is 23.0. The van der Waals surface area contributed by atoms with E-state index in [1.54, 1.807) is 0 Å². The van der Waals surface area contributed by atoms with E-state index in [0.29, 0.717) is 13.0 Å². The van der Waals surface area contributed by atoms with E-state index in [-0.39, 0.29) is 22.2 Å². The van der Waals surface area contributed by atoms with Gasteiger partial charge in [0.15, 0.2) is 6.61 Å². The fraction of sp³-hybridized carbons (Fsp3) is 0.167. The van der Waals surface area contributed by atoms with Crippen LogP contribution in [-0.2, 0) is 9.53 Å². The van der Waals surface area contributed by atoms with Crippen LogP contribution in [0.2, 0.25) is 5.02 Å². The van der Waals surface area contributed by atoms with E-state index < -0.39 is 23.4 Å². The molecule has 7 nitrogen and oxygen atoms in total. The lowest BCUT2D eigenvalue weighted by atomic mass is 9.88. The molecule has 0 aliphatic carbocycles. The molecule has 0 saturated carbocycles. The zero-order valence-electron chi connectivity index (χ0n) is 17.1. The molecule has 0 heterocycles. The van der Waals surface area contributed by atoms with Crippen molar-refractivity contribution >= 4 is 29.2 Å². The maximum atomic E-state index is 12.2. The average molecular weight is 453 g/mol. The summed E-state index contributed by atoms with van der Waals surface area (Å²) in [5.41, 5.74) is 1.82. The van der Waals surface area contributed by atoms with Crippen LogP contribution in [0.15, 0.2) is 78.9 Å². The predicted octanol–water partition coefficient (Wildman–Crippen LogP) is 4.74. The van der Waals surface area contributed by atoms with Gasteiger partial charge in [-0.3, -0.25) is 14.9 Å². The van der Waals surface area contributed by atoms with E-state index >= 15 is 0 Å². The molecule has 0 fully saturated rings. The van der Waals surface area contributed by atoms with Crippen LogP contribution in [0.5, 0.6) is 0 Å². The van der Waals surface area contributed by atoms with Crippen LogP contribution in [0.1, 0.15) is 33.8 Å². The predicted molar refractivity (Wildman–Crippen MR) is 121 cm³/mol. The standard InChI is InChI=1S/C24H21ClN2O5/c25-22-12-11-19(27(30)31)15-21(22)24(29)32-16-23(28)26-14-13-20(17-7-3-1-4-8-17)18-9-5-2-6-10-18/h1-12,15,20H,13-14,16H2,(H,26,28). The molecule has 0 saturated heterocycles. The van der Waals surface area contributed by atoms with Gasteiger partial charge in [-0.05, 0) is 23.6 Å². The van der Waals surface area contributed by atoms with E-state index in [4.69, 9.17) is 16.3 Å². The van der Waals surface area contributed by atoms with Gasteiger partial charge in [-0.2, -0.15) is 0 Å². The van der Waals surface area contributed by atoms with Gasteiger partial charge >= 0.3 is 5.97 Å². The molecule has 3 rings (SSSR count). The first-order chi connectivity index (χ1) is 15.5. The minimum atomic E-state index is -0.903. The third kappa shape index (κ3) is 6.15. The Labute approximate surface area is 190 Å². The van der Waals surface area contributed by atoms with E-state index in [1.165, 1.54) is 12.1 Å². The monoisotopic (exact) mass is 452 g/mol. The normalized spacial score (nSPS) is 10.6. The van der Waals surface area contributed by atoms with Crippen molar-refractivity contribution in [3.63, 3.8) is 0 Å². The molecule has 0 aromatic heterocycles. The number of hydrogen-bond acceptors (Lipinski definition) is 5. The summed E-state index contributed by atoms with van der Waals surface area (Å²) < 4.78 is 4.97. The van der Waals surface area contributed by atoms with Gasteiger partial charge in [-0.1, -0.05) is 72.3 Å². The first-order valence-electron chi connectivity index (χ1n) is 9.93. The number of nitrogens with zero attached hydrogens (tertiary/aromatic N) is 1. The van der Waals surface area contributed by atoms with Crippen LogP contribution in [0, 0.1) is 10.1 Å². The smallest absolute Gasteiger partial charge is 0.340 e. The highest BCUT2D eigenvalue weighted by Crippen LogP contribution is 2.27.